The van der Waals surface area contributed by atoms with Crippen molar-refractivity contribution in [2.45, 2.75) is 38.8 Å². The van der Waals surface area contributed by atoms with Gasteiger partial charge in [-0.3, -0.25) is 15.6 Å². The number of hydrogen-bond acceptors (Lipinski definition) is 4. The Hall–Kier alpha value is -1.43. The zero-order valence-corrected chi connectivity index (χ0v) is 13.3. The van der Waals surface area contributed by atoms with Crippen molar-refractivity contribution in [2.24, 2.45) is 5.92 Å². The first-order valence-corrected chi connectivity index (χ1v) is 8.32. The van der Waals surface area contributed by atoms with Gasteiger partial charge in [0.25, 0.3) is 0 Å². The van der Waals surface area contributed by atoms with Crippen LogP contribution in [0.5, 0.6) is 0 Å². The number of rotatable bonds is 5. The number of hydrogen-bond donors (Lipinski definition) is 3. The summed E-state index contributed by atoms with van der Waals surface area (Å²) in [4.78, 5) is 13.8. The Morgan fingerprint density at radius 2 is 2.09 bits per heavy atom. The second-order valence-corrected chi connectivity index (χ2v) is 6.37. The number of nitrogens with one attached hydrogen (secondary N) is 3. The topological polar surface area (TPSA) is 56.4 Å². The summed E-state index contributed by atoms with van der Waals surface area (Å²) in [6.07, 6.45) is 2.82. The number of anilines is 1. The van der Waals surface area contributed by atoms with Crippen LogP contribution in [0.15, 0.2) is 24.3 Å². The normalized spacial score (nSPS) is 25.7. The van der Waals surface area contributed by atoms with Crippen molar-refractivity contribution in [2.75, 3.05) is 24.5 Å². The fraction of sp³-hybridized carbons (Fsp3) is 0.588. The summed E-state index contributed by atoms with van der Waals surface area (Å²) in [6.45, 7) is 5.96. The third-order valence-corrected chi connectivity index (χ3v) is 4.71. The molecule has 2 atom stereocenters. The fourth-order valence-corrected chi connectivity index (χ4v) is 3.17. The maximum Gasteiger partial charge on any atom is 0.226 e. The highest BCUT2D eigenvalue weighted by Crippen LogP contribution is 2.21. The molecular weight excluding hydrogens is 276 g/mol. The van der Waals surface area contributed by atoms with Crippen molar-refractivity contribution in [1.29, 1.82) is 0 Å². The van der Waals surface area contributed by atoms with Crippen LogP contribution in [0.3, 0.4) is 0 Å². The van der Waals surface area contributed by atoms with Crippen LogP contribution >= 0.6 is 0 Å². The Morgan fingerprint density at radius 1 is 1.27 bits per heavy atom. The van der Waals surface area contributed by atoms with E-state index in [1.54, 1.807) is 0 Å². The van der Waals surface area contributed by atoms with Gasteiger partial charge in [-0.1, -0.05) is 12.1 Å². The molecule has 0 spiro atoms. The van der Waals surface area contributed by atoms with Crippen LogP contribution in [-0.4, -0.2) is 31.6 Å². The predicted octanol–water partition coefficient (Wildman–Crippen LogP) is 1.41. The predicted molar refractivity (Wildman–Crippen MR) is 88.4 cm³/mol. The summed E-state index contributed by atoms with van der Waals surface area (Å²) in [7, 11) is 0. The molecule has 2 unspecified atom stereocenters. The average molecular weight is 302 g/mol. The van der Waals surface area contributed by atoms with Gasteiger partial charge >= 0.3 is 0 Å². The summed E-state index contributed by atoms with van der Waals surface area (Å²) in [5.41, 5.74) is 8.73. The van der Waals surface area contributed by atoms with Gasteiger partial charge in [0.1, 0.15) is 0 Å². The molecule has 3 rings (SSSR count). The number of benzene rings is 1. The Labute approximate surface area is 132 Å². The van der Waals surface area contributed by atoms with E-state index in [0.29, 0.717) is 18.4 Å². The van der Waals surface area contributed by atoms with Crippen molar-refractivity contribution >= 4 is 11.6 Å². The van der Waals surface area contributed by atoms with Gasteiger partial charge in [0.15, 0.2) is 0 Å². The van der Waals surface area contributed by atoms with Gasteiger partial charge in [-0.25, -0.2) is 0 Å². The van der Waals surface area contributed by atoms with Gasteiger partial charge in [-0.2, -0.15) is 0 Å². The Bertz CT molecular complexity index is 502. The summed E-state index contributed by atoms with van der Waals surface area (Å²) >= 11 is 0. The lowest BCUT2D eigenvalue weighted by atomic mass is 10.0. The first kappa shape index (κ1) is 15.5. The van der Waals surface area contributed by atoms with Crippen LogP contribution in [-0.2, 0) is 11.3 Å². The van der Waals surface area contributed by atoms with Crippen LogP contribution in [0, 0.1) is 5.92 Å². The summed E-state index contributed by atoms with van der Waals surface area (Å²) < 4.78 is 0. The second kappa shape index (κ2) is 7.22. The maximum absolute atomic E-state index is 11.9. The third-order valence-electron chi connectivity index (χ3n) is 4.71. The van der Waals surface area contributed by atoms with Gasteiger partial charge in [0.2, 0.25) is 5.91 Å². The van der Waals surface area contributed by atoms with E-state index in [2.05, 4.69) is 47.4 Å². The molecule has 2 heterocycles. The van der Waals surface area contributed by atoms with E-state index >= 15 is 0 Å². The van der Waals surface area contributed by atoms with E-state index in [4.69, 9.17) is 0 Å². The molecule has 5 heteroatoms. The molecule has 2 aliphatic rings. The van der Waals surface area contributed by atoms with Crippen LogP contribution in [0.1, 0.15) is 31.7 Å². The Morgan fingerprint density at radius 3 is 2.77 bits per heavy atom. The molecule has 2 aliphatic heterocycles. The van der Waals surface area contributed by atoms with Crippen molar-refractivity contribution in [3.63, 3.8) is 0 Å². The largest absolute Gasteiger partial charge is 0.312 e. The van der Waals surface area contributed by atoms with E-state index in [1.807, 2.05) is 4.90 Å². The summed E-state index contributed by atoms with van der Waals surface area (Å²) in [5, 5.41) is 3.52. The maximum atomic E-state index is 11.9. The minimum Gasteiger partial charge on any atom is -0.312 e. The van der Waals surface area contributed by atoms with Crippen LogP contribution in [0.2, 0.25) is 0 Å². The molecule has 1 amide bonds. The number of nitrogens with zero attached hydrogens (tertiary/aromatic N) is 1. The van der Waals surface area contributed by atoms with Gasteiger partial charge in [0, 0.05) is 50.2 Å². The van der Waals surface area contributed by atoms with E-state index in [9.17, 15) is 4.79 Å². The summed E-state index contributed by atoms with van der Waals surface area (Å²) in [5.74, 6) is 0.887. The zero-order chi connectivity index (χ0) is 15.4. The second-order valence-electron chi connectivity index (χ2n) is 6.37. The van der Waals surface area contributed by atoms with Crippen molar-refractivity contribution in [3.8, 4) is 0 Å². The fourth-order valence-electron chi connectivity index (χ4n) is 3.17. The molecule has 0 aromatic heterocycles. The third kappa shape index (κ3) is 3.66. The lowest BCUT2D eigenvalue weighted by Gasteiger charge is -2.26. The molecule has 0 aliphatic carbocycles. The minimum atomic E-state index is 0.257. The molecule has 1 aromatic rings. The lowest BCUT2D eigenvalue weighted by molar-refractivity contribution is -0.119. The SMILES string of the molecule is CC1NNCC1CNCc1ccc(N2CCCCC2=O)cc1. The molecular formula is C17H26N4O. The molecule has 1 aromatic carbocycles. The molecule has 2 saturated heterocycles. The highest BCUT2D eigenvalue weighted by Gasteiger charge is 2.22. The Balaban J connectivity index is 1.50. The molecule has 0 bridgehead atoms. The number of hydrazine groups is 1. The lowest BCUT2D eigenvalue weighted by Crippen LogP contribution is -2.35. The van der Waals surface area contributed by atoms with Crippen molar-refractivity contribution < 1.29 is 4.79 Å². The number of carbonyl (C=O) groups is 1. The first-order valence-electron chi connectivity index (χ1n) is 8.32. The molecule has 120 valence electrons. The van der Waals surface area contributed by atoms with Gasteiger partial charge < -0.3 is 10.2 Å². The summed E-state index contributed by atoms with van der Waals surface area (Å²) in [6, 6.07) is 8.90. The average Bonchev–Trinajstić information content (AvgIpc) is 2.94. The first-order chi connectivity index (χ1) is 10.7. The quantitative estimate of drug-likeness (QED) is 0.770. The van der Waals surface area contributed by atoms with Gasteiger partial charge in [-0.05, 0) is 37.5 Å². The molecule has 22 heavy (non-hydrogen) atoms. The monoisotopic (exact) mass is 302 g/mol. The van der Waals surface area contributed by atoms with Gasteiger partial charge in [0.05, 0.1) is 0 Å². The van der Waals surface area contributed by atoms with Gasteiger partial charge in [-0.15, -0.1) is 0 Å². The molecule has 3 N–H and O–H groups in total. The van der Waals surface area contributed by atoms with E-state index < -0.39 is 0 Å². The van der Waals surface area contributed by atoms with Crippen LogP contribution in [0.4, 0.5) is 5.69 Å². The van der Waals surface area contributed by atoms with Crippen molar-refractivity contribution in [3.05, 3.63) is 29.8 Å². The standard InChI is InChI=1S/C17H26N4O/c1-13-15(12-19-20-13)11-18-10-14-5-7-16(8-6-14)21-9-3-2-4-17(21)22/h5-8,13,15,18-20H,2-4,9-12H2,1H3. The van der Waals surface area contributed by atoms with E-state index in [-0.39, 0.29) is 5.91 Å². The number of carbonyl (C=O) groups excluding carboxylic acids is 1. The smallest absolute Gasteiger partial charge is 0.226 e. The molecule has 0 saturated carbocycles. The molecule has 0 radical (unpaired) electrons. The highest BCUT2D eigenvalue weighted by molar-refractivity contribution is 5.93. The van der Waals surface area contributed by atoms with Crippen LogP contribution < -0.4 is 21.1 Å². The zero-order valence-electron chi connectivity index (χ0n) is 13.3. The molecule has 5 nitrogen and oxygen atoms in total. The minimum absolute atomic E-state index is 0.257. The van der Waals surface area contributed by atoms with Crippen molar-refractivity contribution in [1.82, 2.24) is 16.2 Å². The highest BCUT2D eigenvalue weighted by atomic mass is 16.2. The van der Waals surface area contributed by atoms with E-state index in [0.717, 1.165) is 44.7 Å². The van der Waals surface area contributed by atoms with Crippen LogP contribution in [0.25, 0.3) is 0 Å². The Kier molecular flexibility index (Phi) is 5.08. The number of amides is 1. The van der Waals surface area contributed by atoms with E-state index in [1.165, 1.54) is 5.56 Å². The molecule has 2 fully saturated rings. The number of piperidine rings is 1.